The lowest BCUT2D eigenvalue weighted by Crippen LogP contribution is -2.26. The summed E-state index contributed by atoms with van der Waals surface area (Å²) in [6.07, 6.45) is -0.904. The Hall–Kier alpha value is -2.73. The Labute approximate surface area is 145 Å². The van der Waals surface area contributed by atoms with Gasteiger partial charge in [-0.1, -0.05) is 12.1 Å². The monoisotopic (exact) mass is 342 g/mol. The van der Waals surface area contributed by atoms with Crippen LogP contribution in [0.5, 0.6) is 11.5 Å². The van der Waals surface area contributed by atoms with Crippen molar-refractivity contribution >= 4 is 11.0 Å². The van der Waals surface area contributed by atoms with E-state index in [1.54, 1.807) is 41.6 Å². The molecule has 6 nitrogen and oxygen atoms in total. The summed E-state index contributed by atoms with van der Waals surface area (Å²) in [5, 5.41) is 10.8. The highest BCUT2D eigenvalue weighted by atomic mass is 16.5. The van der Waals surface area contributed by atoms with Crippen LogP contribution < -0.4 is 15.2 Å². The fraction of sp³-hybridized carbons (Fsp3) is 0.316. The molecule has 0 aliphatic heterocycles. The van der Waals surface area contributed by atoms with Gasteiger partial charge in [-0.25, -0.2) is 4.79 Å². The van der Waals surface area contributed by atoms with Crippen LogP contribution >= 0.6 is 0 Å². The first kappa shape index (κ1) is 17.1. The molecule has 3 aromatic rings. The number of imidazole rings is 1. The molecule has 0 bridgehead atoms. The van der Waals surface area contributed by atoms with Crippen LogP contribution in [0.15, 0.2) is 47.3 Å². The van der Waals surface area contributed by atoms with Crippen LogP contribution in [0, 0.1) is 0 Å². The van der Waals surface area contributed by atoms with E-state index in [9.17, 15) is 9.90 Å². The van der Waals surface area contributed by atoms with Gasteiger partial charge in [0, 0.05) is 12.1 Å². The maximum Gasteiger partial charge on any atom is 0.329 e. The number of ether oxygens (including phenoxy) is 2. The van der Waals surface area contributed by atoms with E-state index >= 15 is 0 Å². The van der Waals surface area contributed by atoms with E-state index in [-0.39, 0.29) is 12.2 Å². The molecule has 0 aliphatic carbocycles. The molecular formula is C19H22N2O4. The number of hydrogen-bond acceptors (Lipinski definition) is 4. The van der Waals surface area contributed by atoms with Gasteiger partial charge in [-0.2, -0.15) is 0 Å². The van der Waals surface area contributed by atoms with Crippen LogP contribution in [0.4, 0.5) is 0 Å². The average molecular weight is 342 g/mol. The summed E-state index contributed by atoms with van der Waals surface area (Å²) in [5.41, 5.74) is 2.11. The highest BCUT2D eigenvalue weighted by molar-refractivity contribution is 5.76. The molecule has 1 aromatic heterocycles. The molecule has 132 valence electrons. The van der Waals surface area contributed by atoms with Crippen molar-refractivity contribution in [3.63, 3.8) is 0 Å². The second-order valence-electron chi connectivity index (χ2n) is 5.75. The molecule has 0 aliphatic rings. The minimum atomic E-state index is -0.904. The Morgan fingerprint density at radius 2 is 1.72 bits per heavy atom. The van der Waals surface area contributed by atoms with Gasteiger partial charge in [-0.15, -0.1) is 0 Å². The van der Waals surface area contributed by atoms with Crippen LogP contribution in [0.1, 0.15) is 18.6 Å². The number of methoxy groups -OCH3 is 2. The van der Waals surface area contributed by atoms with Crippen molar-refractivity contribution in [3.05, 3.63) is 58.5 Å². The smallest absolute Gasteiger partial charge is 0.329 e. The van der Waals surface area contributed by atoms with Crippen LogP contribution in [0.3, 0.4) is 0 Å². The molecule has 1 N–H and O–H groups in total. The summed E-state index contributed by atoms with van der Waals surface area (Å²) < 4.78 is 13.9. The van der Waals surface area contributed by atoms with Crippen molar-refractivity contribution in [1.29, 1.82) is 0 Å². The third kappa shape index (κ3) is 3.00. The Morgan fingerprint density at radius 1 is 1.04 bits per heavy atom. The molecule has 1 atom stereocenters. The summed E-state index contributed by atoms with van der Waals surface area (Å²) in [6.45, 7) is 2.64. The largest absolute Gasteiger partial charge is 0.497 e. The molecule has 0 fully saturated rings. The van der Waals surface area contributed by atoms with Crippen molar-refractivity contribution < 1.29 is 14.6 Å². The molecule has 2 aromatic carbocycles. The molecule has 1 heterocycles. The third-order valence-electron chi connectivity index (χ3n) is 4.39. The van der Waals surface area contributed by atoms with E-state index in [0.29, 0.717) is 23.6 Å². The average Bonchev–Trinajstić information content (AvgIpc) is 2.92. The lowest BCUT2D eigenvalue weighted by molar-refractivity contribution is 0.152. The topological polar surface area (TPSA) is 65.6 Å². The maximum absolute atomic E-state index is 12.7. The quantitative estimate of drug-likeness (QED) is 0.748. The van der Waals surface area contributed by atoms with Gasteiger partial charge in [-0.05, 0) is 37.3 Å². The number of rotatable bonds is 6. The third-order valence-corrected chi connectivity index (χ3v) is 4.39. The summed E-state index contributed by atoms with van der Waals surface area (Å²) >= 11 is 0. The van der Waals surface area contributed by atoms with Gasteiger partial charge in [0.25, 0.3) is 0 Å². The first-order valence-corrected chi connectivity index (χ1v) is 8.18. The molecule has 0 saturated carbocycles. The van der Waals surface area contributed by atoms with Gasteiger partial charge < -0.3 is 14.6 Å². The number of benzene rings is 2. The van der Waals surface area contributed by atoms with Crippen LogP contribution in [0.2, 0.25) is 0 Å². The Kier molecular flexibility index (Phi) is 4.81. The van der Waals surface area contributed by atoms with Crippen molar-refractivity contribution in [2.45, 2.75) is 26.1 Å². The first-order chi connectivity index (χ1) is 12.1. The molecule has 0 spiro atoms. The van der Waals surface area contributed by atoms with Crippen molar-refractivity contribution in [3.8, 4) is 11.5 Å². The minimum Gasteiger partial charge on any atom is -0.497 e. The number of fused-ring (bicyclic) bond motifs is 1. The van der Waals surface area contributed by atoms with Gasteiger partial charge in [0.1, 0.15) is 17.6 Å². The van der Waals surface area contributed by atoms with Crippen molar-refractivity contribution in [2.75, 3.05) is 14.2 Å². The molecular weight excluding hydrogens is 320 g/mol. The van der Waals surface area contributed by atoms with Crippen molar-refractivity contribution in [1.82, 2.24) is 9.13 Å². The van der Waals surface area contributed by atoms with Gasteiger partial charge in [0.05, 0.1) is 31.8 Å². The van der Waals surface area contributed by atoms with Gasteiger partial charge in [0.15, 0.2) is 0 Å². The maximum atomic E-state index is 12.7. The Morgan fingerprint density at radius 3 is 2.32 bits per heavy atom. The highest BCUT2D eigenvalue weighted by Gasteiger charge is 2.19. The predicted octanol–water partition coefficient (Wildman–Crippen LogP) is 2.57. The number of para-hydroxylation sites is 2. The fourth-order valence-electron chi connectivity index (χ4n) is 3.13. The molecule has 0 radical (unpaired) electrons. The normalized spacial score (nSPS) is 12.3. The van der Waals surface area contributed by atoms with Crippen molar-refractivity contribution in [2.24, 2.45) is 0 Å². The van der Waals surface area contributed by atoms with Gasteiger partial charge in [-0.3, -0.25) is 9.13 Å². The number of aliphatic hydroxyl groups is 1. The van der Waals surface area contributed by atoms with E-state index in [0.717, 1.165) is 11.0 Å². The first-order valence-electron chi connectivity index (χ1n) is 8.18. The SMILES string of the molecule is CCn1c(=O)n(C[C@H](O)c2cc(OC)ccc2OC)c2ccccc21. The lowest BCUT2D eigenvalue weighted by Gasteiger charge is -2.16. The highest BCUT2D eigenvalue weighted by Crippen LogP contribution is 2.30. The zero-order chi connectivity index (χ0) is 18.0. The molecule has 3 rings (SSSR count). The van der Waals surface area contributed by atoms with Gasteiger partial charge >= 0.3 is 5.69 Å². The molecule has 0 saturated heterocycles. The van der Waals surface area contributed by atoms with E-state index in [1.807, 2.05) is 31.2 Å². The zero-order valence-electron chi connectivity index (χ0n) is 14.6. The van der Waals surface area contributed by atoms with Crippen LogP contribution in [-0.2, 0) is 13.1 Å². The van der Waals surface area contributed by atoms with E-state index in [2.05, 4.69) is 0 Å². The number of hydrogen-bond donors (Lipinski definition) is 1. The summed E-state index contributed by atoms with van der Waals surface area (Å²) in [7, 11) is 3.12. The molecule has 6 heteroatoms. The van der Waals surface area contributed by atoms with Crippen LogP contribution in [-0.4, -0.2) is 28.5 Å². The number of nitrogens with zero attached hydrogens (tertiary/aromatic N) is 2. The summed E-state index contributed by atoms with van der Waals surface area (Å²) in [5.74, 6) is 1.18. The number of aliphatic hydroxyl groups excluding tert-OH is 1. The number of aryl methyl sites for hydroxylation is 1. The molecule has 0 amide bonds. The summed E-state index contributed by atoms with van der Waals surface area (Å²) in [6, 6.07) is 12.8. The standard InChI is InChI=1S/C19H22N2O4/c1-4-20-15-7-5-6-8-16(15)21(19(20)23)12-17(22)14-11-13(24-2)9-10-18(14)25-3/h5-11,17,22H,4,12H2,1-3H3/t17-/m0/s1. The molecule has 25 heavy (non-hydrogen) atoms. The van der Waals surface area contributed by atoms with E-state index in [1.165, 1.54) is 0 Å². The van der Waals surface area contributed by atoms with E-state index in [4.69, 9.17) is 9.47 Å². The number of aromatic nitrogens is 2. The van der Waals surface area contributed by atoms with Crippen LogP contribution in [0.25, 0.3) is 11.0 Å². The molecule has 0 unspecified atom stereocenters. The fourth-order valence-corrected chi connectivity index (χ4v) is 3.13. The predicted molar refractivity (Wildman–Crippen MR) is 96.4 cm³/mol. The van der Waals surface area contributed by atoms with Gasteiger partial charge in [0.2, 0.25) is 0 Å². The minimum absolute atomic E-state index is 0.135. The van der Waals surface area contributed by atoms with E-state index < -0.39 is 6.10 Å². The lowest BCUT2D eigenvalue weighted by atomic mass is 10.1. The zero-order valence-corrected chi connectivity index (χ0v) is 14.6. The Bertz CT molecular complexity index is 942. The Balaban J connectivity index is 2.05. The second kappa shape index (κ2) is 7.03. The summed E-state index contributed by atoms with van der Waals surface area (Å²) in [4.78, 5) is 12.7. The second-order valence-corrected chi connectivity index (χ2v) is 5.75.